The van der Waals surface area contributed by atoms with Gasteiger partial charge in [0.05, 0.1) is 6.07 Å². The van der Waals surface area contributed by atoms with Crippen LogP contribution in [0.1, 0.15) is 58.3 Å². The van der Waals surface area contributed by atoms with Crippen LogP contribution in [-0.4, -0.2) is 35.6 Å². The second-order valence-electron chi connectivity index (χ2n) is 6.95. The van der Waals surface area contributed by atoms with Crippen molar-refractivity contribution in [2.45, 2.75) is 75.9 Å². The van der Waals surface area contributed by atoms with Crippen LogP contribution < -0.4 is 5.32 Å². The third-order valence-electron chi connectivity index (χ3n) is 5.29. The predicted octanol–water partition coefficient (Wildman–Crippen LogP) is 2.68. The highest BCUT2D eigenvalue weighted by atomic mass is 15.2. The van der Waals surface area contributed by atoms with E-state index in [0.29, 0.717) is 12.1 Å². The zero-order chi connectivity index (χ0) is 13.3. The van der Waals surface area contributed by atoms with Gasteiger partial charge in [-0.15, -0.1) is 0 Å². The van der Waals surface area contributed by atoms with Gasteiger partial charge in [-0.1, -0.05) is 13.3 Å². The van der Waals surface area contributed by atoms with Gasteiger partial charge in [0.25, 0.3) is 0 Å². The van der Waals surface area contributed by atoms with Crippen molar-refractivity contribution in [2.24, 2.45) is 5.92 Å². The lowest BCUT2D eigenvalue weighted by Gasteiger charge is -2.27. The molecule has 0 spiro atoms. The third-order valence-corrected chi connectivity index (χ3v) is 5.29. The molecule has 1 N–H and O–H groups in total. The molecule has 3 heteroatoms. The highest BCUT2D eigenvalue weighted by molar-refractivity contribution is 5.15. The average Bonchev–Trinajstić information content (AvgIpc) is 2.92. The molecule has 106 valence electrons. The van der Waals surface area contributed by atoms with Crippen molar-refractivity contribution in [2.75, 3.05) is 13.1 Å². The highest BCUT2D eigenvalue weighted by Gasteiger charge is 2.45. The van der Waals surface area contributed by atoms with Crippen LogP contribution in [0.4, 0.5) is 0 Å². The van der Waals surface area contributed by atoms with Gasteiger partial charge in [0, 0.05) is 18.6 Å². The zero-order valence-electron chi connectivity index (χ0n) is 12.2. The van der Waals surface area contributed by atoms with Crippen LogP contribution in [0.15, 0.2) is 0 Å². The normalized spacial score (nSPS) is 39.6. The maximum absolute atomic E-state index is 9.56. The van der Waals surface area contributed by atoms with Gasteiger partial charge in [0.1, 0.15) is 5.54 Å². The fourth-order valence-electron chi connectivity index (χ4n) is 4.05. The molecule has 0 radical (unpaired) electrons. The van der Waals surface area contributed by atoms with Crippen LogP contribution in [0.2, 0.25) is 0 Å². The topological polar surface area (TPSA) is 39.1 Å². The molecule has 1 aliphatic heterocycles. The van der Waals surface area contributed by atoms with Gasteiger partial charge in [0.2, 0.25) is 0 Å². The summed E-state index contributed by atoms with van der Waals surface area (Å²) in [5.41, 5.74) is -0.200. The molecule has 1 saturated heterocycles. The van der Waals surface area contributed by atoms with Crippen molar-refractivity contribution in [1.29, 1.82) is 5.26 Å². The second-order valence-corrected chi connectivity index (χ2v) is 6.95. The van der Waals surface area contributed by atoms with Crippen molar-refractivity contribution in [1.82, 2.24) is 10.2 Å². The van der Waals surface area contributed by atoms with Gasteiger partial charge in [-0.25, -0.2) is 0 Å². The van der Waals surface area contributed by atoms with Crippen LogP contribution in [-0.2, 0) is 0 Å². The Bertz CT molecular complexity index is 357. The first-order chi connectivity index (χ1) is 9.24. The molecule has 0 aromatic heterocycles. The third kappa shape index (κ3) is 2.95. The first-order valence-electron chi connectivity index (χ1n) is 8.17. The van der Waals surface area contributed by atoms with E-state index in [1.165, 1.54) is 51.6 Å². The zero-order valence-corrected chi connectivity index (χ0v) is 12.2. The summed E-state index contributed by atoms with van der Waals surface area (Å²) in [4.78, 5) is 2.67. The molecule has 3 fully saturated rings. The Labute approximate surface area is 117 Å². The van der Waals surface area contributed by atoms with Crippen LogP contribution in [0.3, 0.4) is 0 Å². The lowest BCUT2D eigenvalue weighted by Crippen LogP contribution is -2.44. The molecule has 1 heterocycles. The Balaban J connectivity index is 1.55. The molecule has 0 bridgehead atoms. The summed E-state index contributed by atoms with van der Waals surface area (Å²) in [6, 6.07) is 3.90. The van der Waals surface area contributed by atoms with Crippen LogP contribution in [0.5, 0.6) is 0 Å². The quantitative estimate of drug-likeness (QED) is 0.827. The van der Waals surface area contributed by atoms with Crippen molar-refractivity contribution in [3.63, 3.8) is 0 Å². The molecule has 3 nitrogen and oxygen atoms in total. The fourth-order valence-corrected chi connectivity index (χ4v) is 4.05. The first-order valence-corrected chi connectivity index (χ1v) is 8.17. The van der Waals surface area contributed by atoms with E-state index in [2.05, 4.69) is 23.2 Å². The summed E-state index contributed by atoms with van der Waals surface area (Å²) >= 11 is 0. The minimum atomic E-state index is -0.200. The van der Waals surface area contributed by atoms with E-state index in [1.54, 1.807) is 0 Å². The lowest BCUT2D eigenvalue weighted by molar-refractivity contribution is 0.226. The Morgan fingerprint density at radius 2 is 2.16 bits per heavy atom. The van der Waals surface area contributed by atoms with E-state index in [0.717, 1.165) is 18.8 Å². The van der Waals surface area contributed by atoms with Crippen molar-refractivity contribution in [3.05, 3.63) is 0 Å². The Morgan fingerprint density at radius 1 is 1.32 bits per heavy atom. The van der Waals surface area contributed by atoms with E-state index in [-0.39, 0.29) is 5.54 Å². The minimum absolute atomic E-state index is 0.200. The first kappa shape index (κ1) is 13.4. The van der Waals surface area contributed by atoms with E-state index in [9.17, 15) is 5.26 Å². The van der Waals surface area contributed by atoms with Crippen molar-refractivity contribution < 1.29 is 0 Å². The minimum Gasteiger partial charge on any atom is -0.300 e. The van der Waals surface area contributed by atoms with E-state index >= 15 is 0 Å². The molecule has 3 unspecified atom stereocenters. The summed E-state index contributed by atoms with van der Waals surface area (Å²) in [5, 5.41) is 13.2. The standard InChI is InChI=1S/C16H27N3/c1-2-3-13-7-9-19(11-13)15-6-8-16(10-15,12-17)18-14-4-5-14/h13-15,18H,2-11H2,1H3. The average molecular weight is 261 g/mol. The number of hydrogen-bond donors (Lipinski definition) is 1. The number of hydrogen-bond acceptors (Lipinski definition) is 3. The van der Waals surface area contributed by atoms with Crippen molar-refractivity contribution in [3.8, 4) is 6.07 Å². The van der Waals surface area contributed by atoms with Gasteiger partial charge in [-0.2, -0.15) is 5.26 Å². The molecular weight excluding hydrogens is 234 g/mol. The SMILES string of the molecule is CCCC1CCN(C2CCC(C#N)(NC3CC3)C2)C1. The monoisotopic (exact) mass is 261 g/mol. The summed E-state index contributed by atoms with van der Waals surface area (Å²) < 4.78 is 0. The summed E-state index contributed by atoms with van der Waals surface area (Å²) in [6.45, 7) is 4.84. The maximum Gasteiger partial charge on any atom is 0.108 e. The summed E-state index contributed by atoms with van der Waals surface area (Å²) in [7, 11) is 0. The molecule has 3 aliphatic rings. The number of nitrogens with zero attached hydrogens (tertiary/aromatic N) is 2. The van der Waals surface area contributed by atoms with Crippen LogP contribution in [0, 0.1) is 17.2 Å². The molecular formula is C16H27N3. The van der Waals surface area contributed by atoms with Gasteiger partial charge >= 0.3 is 0 Å². The molecule has 0 aromatic rings. The molecule has 2 aliphatic carbocycles. The van der Waals surface area contributed by atoms with Crippen molar-refractivity contribution >= 4 is 0 Å². The molecule has 3 rings (SSSR count). The lowest BCUT2D eigenvalue weighted by atomic mass is 9.99. The van der Waals surface area contributed by atoms with Crippen LogP contribution >= 0.6 is 0 Å². The Hall–Kier alpha value is -0.590. The van der Waals surface area contributed by atoms with Gasteiger partial charge in [-0.3, -0.25) is 10.2 Å². The largest absolute Gasteiger partial charge is 0.300 e. The van der Waals surface area contributed by atoms with Crippen LogP contribution in [0.25, 0.3) is 0 Å². The molecule has 3 atom stereocenters. The molecule has 0 aromatic carbocycles. The second kappa shape index (κ2) is 5.42. The Kier molecular flexibility index (Phi) is 3.82. The van der Waals surface area contributed by atoms with Gasteiger partial charge in [0.15, 0.2) is 0 Å². The molecule has 2 saturated carbocycles. The number of rotatable bonds is 5. The Morgan fingerprint density at radius 3 is 2.84 bits per heavy atom. The maximum atomic E-state index is 9.56. The number of nitriles is 1. The summed E-state index contributed by atoms with van der Waals surface area (Å²) in [5.74, 6) is 0.915. The number of likely N-dealkylation sites (tertiary alicyclic amines) is 1. The number of nitrogens with one attached hydrogen (secondary N) is 1. The molecule has 19 heavy (non-hydrogen) atoms. The van der Waals surface area contributed by atoms with E-state index in [4.69, 9.17) is 0 Å². The van der Waals surface area contributed by atoms with E-state index < -0.39 is 0 Å². The van der Waals surface area contributed by atoms with E-state index in [1.807, 2.05) is 0 Å². The highest BCUT2D eigenvalue weighted by Crippen LogP contribution is 2.38. The van der Waals surface area contributed by atoms with Gasteiger partial charge < -0.3 is 0 Å². The van der Waals surface area contributed by atoms with Gasteiger partial charge in [-0.05, 0) is 57.4 Å². The summed E-state index contributed by atoms with van der Waals surface area (Å²) in [6.07, 6.45) is 9.94. The predicted molar refractivity (Wildman–Crippen MR) is 76.7 cm³/mol. The molecule has 0 amide bonds. The smallest absolute Gasteiger partial charge is 0.108 e. The fraction of sp³-hybridized carbons (Fsp3) is 0.938.